The minimum atomic E-state index is -0.240. The van der Waals surface area contributed by atoms with E-state index in [4.69, 9.17) is 0 Å². The van der Waals surface area contributed by atoms with Crippen LogP contribution in [0.1, 0.15) is 19.2 Å². The summed E-state index contributed by atoms with van der Waals surface area (Å²) in [4.78, 5) is 0. The fraction of sp³-hybridized carbons (Fsp3) is 0.333. The Kier molecular flexibility index (Phi) is 3.89. The summed E-state index contributed by atoms with van der Waals surface area (Å²) >= 11 is 3.39. The number of hydrogen-bond donors (Lipinski definition) is 0. The van der Waals surface area contributed by atoms with Gasteiger partial charge in [-0.1, -0.05) is 22.9 Å². The summed E-state index contributed by atoms with van der Waals surface area (Å²) in [5.74, 6) is 1.45. The van der Waals surface area contributed by atoms with E-state index in [2.05, 4.69) is 37.6 Å². The number of halogens is 2. The van der Waals surface area contributed by atoms with Crippen LogP contribution in [-0.2, 0) is 11.9 Å². The van der Waals surface area contributed by atoms with Gasteiger partial charge in [0, 0.05) is 12.1 Å². The van der Waals surface area contributed by atoms with Crippen LogP contribution in [0.25, 0.3) is 11.4 Å². The molecule has 0 fully saturated rings. The molecule has 0 radical (unpaired) electrons. The average molecular weight is 298 g/mol. The summed E-state index contributed by atoms with van der Waals surface area (Å²) in [6.07, 6.45) is 1.01. The maximum atomic E-state index is 12.9. The first-order valence-corrected chi connectivity index (χ1v) is 6.62. The van der Waals surface area contributed by atoms with Gasteiger partial charge in [-0.3, -0.25) is 0 Å². The maximum Gasteiger partial charge on any atom is 0.163 e. The molecule has 2 aromatic rings. The molecule has 1 heterocycles. The van der Waals surface area contributed by atoms with Gasteiger partial charge in [-0.2, -0.15) is 0 Å². The SMILES string of the molecule is CCCn1c(CBr)nnc1-c1ccc(F)cc1. The van der Waals surface area contributed by atoms with E-state index in [-0.39, 0.29) is 5.82 Å². The molecule has 1 aromatic heterocycles. The largest absolute Gasteiger partial charge is 0.310 e. The average Bonchev–Trinajstić information content (AvgIpc) is 2.74. The molecule has 0 saturated carbocycles. The molecule has 5 heteroatoms. The lowest BCUT2D eigenvalue weighted by molar-refractivity contribution is 0.627. The molecule has 0 aliphatic rings. The molecule has 0 spiro atoms. The Morgan fingerprint density at radius 1 is 1.24 bits per heavy atom. The van der Waals surface area contributed by atoms with Crippen LogP contribution in [0.5, 0.6) is 0 Å². The van der Waals surface area contributed by atoms with Crippen molar-refractivity contribution in [3.63, 3.8) is 0 Å². The highest BCUT2D eigenvalue weighted by molar-refractivity contribution is 9.08. The van der Waals surface area contributed by atoms with Crippen LogP contribution in [0.3, 0.4) is 0 Å². The van der Waals surface area contributed by atoms with Gasteiger partial charge in [0.2, 0.25) is 0 Å². The first-order chi connectivity index (χ1) is 8.26. The molecule has 0 bridgehead atoms. The normalized spacial score (nSPS) is 10.8. The Labute approximate surface area is 108 Å². The molecule has 0 unspecified atom stereocenters. The van der Waals surface area contributed by atoms with Gasteiger partial charge in [0.05, 0.1) is 5.33 Å². The third-order valence-corrected chi connectivity index (χ3v) is 3.00. The standard InChI is InChI=1S/C12H13BrFN3/c1-2-7-17-11(8-13)15-16-12(17)9-3-5-10(14)6-4-9/h3-6H,2,7-8H2,1H3. The van der Waals surface area contributed by atoms with E-state index in [9.17, 15) is 4.39 Å². The predicted octanol–water partition coefficient (Wildman–Crippen LogP) is 3.39. The molecule has 0 atom stereocenters. The first-order valence-electron chi connectivity index (χ1n) is 5.50. The lowest BCUT2D eigenvalue weighted by Gasteiger charge is -2.07. The molecule has 0 aliphatic carbocycles. The van der Waals surface area contributed by atoms with Crippen molar-refractivity contribution in [2.75, 3.05) is 0 Å². The van der Waals surface area contributed by atoms with Gasteiger partial charge >= 0.3 is 0 Å². The summed E-state index contributed by atoms with van der Waals surface area (Å²) in [5.41, 5.74) is 0.888. The Morgan fingerprint density at radius 3 is 2.53 bits per heavy atom. The molecule has 0 amide bonds. The second kappa shape index (κ2) is 5.40. The van der Waals surface area contributed by atoms with Gasteiger partial charge in [-0.25, -0.2) is 4.39 Å². The van der Waals surface area contributed by atoms with Gasteiger partial charge in [0.15, 0.2) is 5.82 Å². The number of hydrogen-bond acceptors (Lipinski definition) is 2. The number of nitrogens with zero attached hydrogens (tertiary/aromatic N) is 3. The molecule has 1 aromatic carbocycles. The maximum absolute atomic E-state index is 12.9. The molecule has 0 N–H and O–H groups in total. The zero-order chi connectivity index (χ0) is 12.3. The monoisotopic (exact) mass is 297 g/mol. The quantitative estimate of drug-likeness (QED) is 0.810. The lowest BCUT2D eigenvalue weighted by atomic mass is 10.2. The number of benzene rings is 1. The zero-order valence-corrected chi connectivity index (χ0v) is 11.1. The van der Waals surface area contributed by atoms with E-state index < -0.39 is 0 Å². The van der Waals surface area contributed by atoms with E-state index in [1.54, 1.807) is 12.1 Å². The highest BCUT2D eigenvalue weighted by atomic mass is 79.9. The molecule has 3 nitrogen and oxygen atoms in total. The fourth-order valence-corrected chi connectivity index (χ4v) is 2.12. The van der Waals surface area contributed by atoms with Crippen molar-refractivity contribution in [2.45, 2.75) is 25.2 Å². The summed E-state index contributed by atoms with van der Waals surface area (Å²) in [7, 11) is 0. The molecule has 2 rings (SSSR count). The van der Waals surface area contributed by atoms with Crippen LogP contribution in [0.2, 0.25) is 0 Å². The molecule has 0 saturated heterocycles. The van der Waals surface area contributed by atoms with E-state index >= 15 is 0 Å². The van der Waals surface area contributed by atoms with Crippen LogP contribution in [0, 0.1) is 5.82 Å². The Bertz CT molecular complexity index is 493. The van der Waals surface area contributed by atoms with Gasteiger partial charge in [0.25, 0.3) is 0 Å². The predicted molar refractivity (Wildman–Crippen MR) is 68.3 cm³/mol. The van der Waals surface area contributed by atoms with Gasteiger partial charge < -0.3 is 4.57 Å². The van der Waals surface area contributed by atoms with Crippen LogP contribution >= 0.6 is 15.9 Å². The van der Waals surface area contributed by atoms with E-state index in [1.165, 1.54) is 12.1 Å². The van der Waals surface area contributed by atoms with Crippen LogP contribution in [0.15, 0.2) is 24.3 Å². The van der Waals surface area contributed by atoms with E-state index in [0.29, 0.717) is 5.33 Å². The molecule has 90 valence electrons. The van der Waals surface area contributed by atoms with Crippen molar-refractivity contribution in [1.82, 2.24) is 14.8 Å². The molecular formula is C12H13BrFN3. The highest BCUT2D eigenvalue weighted by Gasteiger charge is 2.12. The lowest BCUT2D eigenvalue weighted by Crippen LogP contribution is -2.03. The summed E-state index contributed by atoms with van der Waals surface area (Å²) < 4.78 is 14.9. The Hall–Kier alpha value is -1.23. The molecule has 17 heavy (non-hydrogen) atoms. The van der Waals surface area contributed by atoms with Crippen molar-refractivity contribution >= 4 is 15.9 Å². The minimum Gasteiger partial charge on any atom is -0.310 e. The molecular weight excluding hydrogens is 285 g/mol. The zero-order valence-electron chi connectivity index (χ0n) is 9.53. The number of aromatic nitrogens is 3. The summed E-state index contributed by atoms with van der Waals surface area (Å²) in [5, 5.41) is 8.96. The van der Waals surface area contributed by atoms with E-state index in [0.717, 1.165) is 30.2 Å². The van der Waals surface area contributed by atoms with Crippen molar-refractivity contribution in [3.8, 4) is 11.4 Å². The number of rotatable bonds is 4. The second-order valence-corrected chi connectivity index (χ2v) is 4.29. The highest BCUT2D eigenvalue weighted by Crippen LogP contribution is 2.20. The summed E-state index contributed by atoms with van der Waals surface area (Å²) in [6.45, 7) is 2.97. The second-order valence-electron chi connectivity index (χ2n) is 3.73. The Balaban J connectivity index is 2.43. The van der Waals surface area contributed by atoms with Crippen molar-refractivity contribution < 1.29 is 4.39 Å². The van der Waals surface area contributed by atoms with Gasteiger partial charge in [-0.05, 0) is 30.7 Å². The van der Waals surface area contributed by atoms with Gasteiger partial charge in [-0.15, -0.1) is 10.2 Å². The topological polar surface area (TPSA) is 30.7 Å². The van der Waals surface area contributed by atoms with Crippen LogP contribution in [-0.4, -0.2) is 14.8 Å². The molecule has 0 aliphatic heterocycles. The summed E-state index contributed by atoms with van der Waals surface area (Å²) in [6, 6.07) is 6.33. The fourth-order valence-electron chi connectivity index (χ4n) is 1.71. The minimum absolute atomic E-state index is 0.240. The van der Waals surface area contributed by atoms with Gasteiger partial charge in [0.1, 0.15) is 11.6 Å². The van der Waals surface area contributed by atoms with Crippen molar-refractivity contribution in [2.24, 2.45) is 0 Å². The smallest absolute Gasteiger partial charge is 0.163 e. The Morgan fingerprint density at radius 2 is 1.94 bits per heavy atom. The third-order valence-electron chi connectivity index (χ3n) is 2.50. The van der Waals surface area contributed by atoms with Crippen molar-refractivity contribution in [1.29, 1.82) is 0 Å². The van der Waals surface area contributed by atoms with Crippen molar-refractivity contribution in [3.05, 3.63) is 35.9 Å². The van der Waals surface area contributed by atoms with E-state index in [1.807, 2.05) is 0 Å². The van der Waals surface area contributed by atoms with Crippen LogP contribution in [0.4, 0.5) is 4.39 Å². The number of alkyl halides is 1. The van der Waals surface area contributed by atoms with Crippen LogP contribution < -0.4 is 0 Å². The third kappa shape index (κ3) is 2.54. The first kappa shape index (κ1) is 12.2.